The predicted octanol–water partition coefficient (Wildman–Crippen LogP) is 2.20. The van der Waals surface area contributed by atoms with E-state index in [9.17, 15) is 4.79 Å². The molecule has 0 fully saturated rings. The highest BCUT2D eigenvalue weighted by atomic mass is 16.5. The summed E-state index contributed by atoms with van der Waals surface area (Å²) >= 11 is 0. The lowest BCUT2D eigenvalue weighted by molar-refractivity contribution is -0.140. The summed E-state index contributed by atoms with van der Waals surface area (Å²) in [6.45, 7) is 7.77. The largest absolute Gasteiger partial charge is 0.466 e. The van der Waals surface area contributed by atoms with E-state index >= 15 is 0 Å². The fourth-order valence-corrected chi connectivity index (χ4v) is 0.856. The molecule has 0 atom stereocenters. The number of hydrogen-bond acceptors (Lipinski definition) is 2. The Bertz CT molecular complexity index is 237. The number of H-pyrrole nitrogens is 1. The summed E-state index contributed by atoms with van der Waals surface area (Å²) in [5, 5.41) is 0. The molecule has 1 aromatic heterocycles. The van der Waals surface area contributed by atoms with E-state index in [0.717, 1.165) is 0 Å². The first kappa shape index (κ1) is 11.8. The molecule has 0 spiro atoms. The smallest absolute Gasteiger partial charge is 0.302 e. The Morgan fingerprint density at radius 3 is 2.23 bits per heavy atom. The highest BCUT2D eigenvalue weighted by Gasteiger charge is 1.82. The normalized spacial score (nSPS) is 8.62. The van der Waals surface area contributed by atoms with Gasteiger partial charge in [0, 0.05) is 18.8 Å². The van der Waals surface area contributed by atoms with Crippen LogP contribution in [0.1, 0.15) is 25.1 Å². The van der Waals surface area contributed by atoms with Crippen LogP contribution in [0.2, 0.25) is 0 Å². The van der Waals surface area contributed by atoms with Gasteiger partial charge in [-0.15, -0.1) is 0 Å². The number of carbonyl (C=O) groups is 1. The number of carbonyl (C=O) groups excluding carboxylic acids is 1. The zero-order chi connectivity index (χ0) is 10.3. The molecule has 0 saturated carbocycles. The van der Waals surface area contributed by atoms with Crippen molar-refractivity contribution < 1.29 is 9.53 Å². The zero-order valence-corrected chi connectivity index (χ0v) is 8.68. The molecule has 1 N–H and O–H groups in total. The van der Waals surface area contributed by atoms with Crippen molar-refractivity contribution in [1.82, 2.24) is 4.98 Å². The number of aryl methyl sites for hydroxylation is 2. The molecule has 0 aliphatic carbocycles. The van der Waals surface area contributed by atoms with Crippen molar-refractivity contribution in [3.05, 3.63) is 23.5 Å². The third kappa shape index (κ3) is 7.12. The third-order valence-electron chi connectivity index (χ3n) is 1.32. The van der Waals surface area contributed by atoms with E-state index in [1.807, 2.05) is 13.1 Å². The van der Waals surface area contributed by atoms with Gasteiger partial charge in [0.15, 0.2) is 0 Å². The van der Waals surface area contributed by atoms with Crippen molar-refractivity contribution in [1.29, 1.82) is 0 Å². The Kier molecular flexibility index (Phi) is 5.68. The number of aromatic nitrogens is 1. The summed E-state index contributed by atoms with van der Waals surface area (Å²) in [5.74, 6) is -0.211. The van der Waals surface area contributed by atoms with Gasteiger partial charge >= 0.3 is 5.97 Å². The summed E-state index contributed by atoms with van der Waals surface area (Å²) in [4.78, 5) is 12.9. The van der Waals surface area contributed by atoms with E-state index in [-0.39, 0.29) is 5.97 Å². The Balaban J connectivity index is 0.000000226. The molecule has 0 aliphatic rings. The highest BCUT2D eigenvalue weighted by Crippen LogP contribution is 1.97. The maximum Gasteiger partial charge on any atom is 0.302 e. The first-order valence-electron chi connectivity index (χ1n) is 4.31. The minimum atomic E-state index is -0.211. The molecule has 1 aromatic rings. The van der Waals surface area contributed by atoms with E-state index in [2.05, 4.69) is 22.7 Å². The maximum atomic E-state index is 9.82. The minimum Gasteiger partial charge on any atom is -0.466 e. The average Bonchev–Trinajstić information content (AvgIpc) is 2.35. The van der Waals surface area contributed by atoms with Crippen LogP contribution in [0.4, 0.5) is 0 Å². The van der Waals surface area contributed by atoms with Crippen molar-refractivity contribution in [2.24, 2.45) is 0 Å². The summed E-state index contributed by atoms with van der Waals surface area (Å²) in [5.41, 5.74) is 2.54. The quantitative estimate of drug-likeness (QED) is 0.678. The number of nitrogens with one attached hydrogen (secondary N) is 1. The number of aromatic amines is 1. The first-order valence-corrected chi connectivity index (χ1v) is 4.31. The predicted molar refractivity (Wildman–Crippen MR) is 52.6 cm³/mol. The van der Waals surface area contributed by atoms with E-state index in [4.69, 9.17) is 0 Å². The van der Waals surface area contributed by atoms with Gasteiger partial charge in [-0.2, -0.15) is 0 Å². The average molecular weight is 183 g/mol. The van der Waals surface area contributed by atoms with Gasteiger partial charge in [-0.1, -0.05) is 0 Å². The Hall–Kier alpha value is -1.25. The van der Waals surface area contributed by atoms with Gasteiger partial charge in [-0.05, 0) is 32.4 Å². The van der Waals surface area contributed by atoms with Gasteiger partial charge < -0.3 is 9.72 Å². The molecule has 0 aromatic carbocycles. The molecule has 1 rings (SSSR count). The van der Waals surface area contributed by atoms with Crippen molar-refractivity contribution >= 4 is 5.97 Å². The second-order valence-electron chi connectivity index (χ2n) is 2.78. The molecule has 1 heterocycles. The van der Waals surface area contributed by atoms with Crippen molar-refractivity contribution in [2.75, 3.05) is 6.61 Å². The fourth-order valence-electron chi connectivity index (χ4n) is 0.856. The highest BCUT2D eigenvalue weighted by molar-refractivity contribution is 5.65. The molecule has 3 nitrogen and oxygen atoms in total. The topological polar surface area (TPSA) is 42.1 Å². The monoisotopic (exact) mass is 183 g/mol. The number of rotatable bonds is 1. The van der Waals surface area contributed by atoms with Crippen LogP contribution in [0.5, 0.6) is 0 Å². The summed E-state index contributed by atoms with van der Waals surface area (Å²) in [6.07, 6.45) is 2.00. The zero-order valence-electron chi connectivity index (χ0n) is 8.68. The summed E-state index contributed by atoms with van der Waals surface area (Å²) < 4.78 is 4.40. The lowest BCUT2D eigenvalue weighted by atomic mass is 10.4. The molecular formula is C10H17NO2. The van der Waals surface area contributed by atoms with Gasteiger partial charge in [0.2, 0.25) is 0 Å². The van der Waals surface area contributed by atoms with Crippen LogP contribution in [0, 0.1) is 13.8 Å². The molecule has 0 amide bonds. The van der Waals surface area contributed by atoms with Crippen LogP contribution < -0.4 is 0 Å². The molecule has 0 unspecified atom stereocenters. The molecule has 74 valence electrons. The van der Waals surface area contributed by atoms with Gasteiger partial charge in [-0.25, -0.2) is 0 Å². The number of esters is 1. The van der Waals surface area contributed by atoms with E-state index < -0.39 is 0 Å². The van der Waals surface area contributed by atoms with Crippen molar-refractivity contribution in [2.45, 2.75) is 27.7 Å². The molecule has 0 aliphatic heterocycles. The maximum absolute atomic E-state index is 9.82. The SMILES string of the molecule is CCOC(C)=O.Cc1c[nH]c(C)c1. The number of ether oxygens (including phenoxy) is 1. The van der Waals surface area contributed by atoms with Crippen LogP contribution in [0.25, 0.3) is 0 Å². The van der Waals surface area contributed by atoms with E-state index in [1.54, 1.807) is 6.92 Å². The van der Waals surface area contributed by atoms with Crippen LogP contribution in [-0.2, 0) is 9.53 Å². The van der Waals surface area contributed by atoms with Gasteiger partial charge in [0.1, 0.15) is 0 Å². The van der Waals surface area contributed by atoms with E-state index in [1.165, 1.54) is 18.2 Å². The first-order chi connectivity index (χ1) is 6.06. The standard InChI is InChI=1S/C6H9N.C4H8O2/c1-5-3-6(2)7-4-5;1-3-6-4(2)5/h3-4,7H,1-2H3;3H2,1-2H3. The third-order valence-corrected chi connectivity index (χ3v) is 1.32. The summed E-state index contributed by atoms with van der Waals surface area (Å²) in [6, 6.07) is 2.11. The van der Waals surface area contributed by atoms with Gasteiger partial charge in [0.05, 0.1) is 6.61 Å². The summed E-state index contributed by atoms with van der Waals surface area (Å²) in [7, 11) is 0. The van der Waals surface area contributed by atoms with Gasteiger partial charge in [0.25, 0.3) is 0 Å². The molecule has 13 heavy (non-hydrogen) atoms. The van der Waals surface area contributed by atoms with Crippen molar-refractivity contribution in [3.8, 4) is 0 Å². The minimum absolute atomic E-state index is 0.211. The lowest BCUT2D eigenvalue weighted by Gasteiger charge is -1.89. The Morgan fingerprint density at radius 1 is 1.54 bits per heavy atom. The molecule has 0 radical (unpaired) electrons. The van der Waals surface area contributed by atoms with E-state index in [0.29, 0.717) is 6.61 Å². The Morgan fingerprint density at radius 2 is 2.15 bits per heavy atom. The van der Waals surface area contributed by atoms with Gasteiger partial charge in [-0.3, -0.25) is 4.79 Å². The van der Waals surface area contributed by atoms with Crippen LogP contribution >= 0.6 is 0 Å². The molecular weight excluding hydrogens is 166 g/mol. The lowest BCUT2D eigenvalue weighted by Crippen LogP contribution is -1.95. The fraction of sp³-hybridized carbons (Fsp3) is 0.500. The van der Waals surface area contributed by atoms with Crippen LogP contribution in [-0.4, -0.2) is 17.6 Å². The molecule has 0 bridgehead atoms. The van der Waals surface area contributed by atoms with Crippen LogP contribution in [0.3, 0.4) is 0 Å². The molecule has 3 heteroatoms. The van der Waals surface area contributed by atoms with Crippen LogP contribution in [0.15, 0.2) is 12.3 Å². The van der Waals surface area contributed by atoms with Crippen molar-refractivity contribution in [3.63, 3.8) is 0 Å². The molecule has 0 saturated heterocycles. The Labute approximate surface area is 79.1 Å². The number of hydrogen-bond donors (Lipinski definition) is 1. The second-order valence-corrected chi connectivity index (χ2v) is 2.78. The second kappa shape index (κ2) is 6.29.